The molecule has 1 atom stereocenters. The molecule has 1 unspecified atom stereocenters. The molecule has 0 saturated carbocycles. The molecular weight excluding hydrogens is 463 g/mol. The van der Waals surface area contributed by atoms with Crippen LogP contribution in [0.5, 0.6) is 17.2 Å². The highest BCUT2D eigenvalue weighted by Gasteiger charge is 2.33. The summed E-state index contributed by atoms with van der Waals surface area (Å²) in [7, 11) is -2.33. The van der Waals surface area contributed by atoms with E-state index in [-0.39, 0.29) is 35.6 Å². The molecule has 2 heterocycles. The van der Waals surface area contributed by atoms with Crippen LogP contribution in [0.4, 0.5) is 4.39 Å². The quantitative estimate of drug-likeness (QED) is 0.665. The van der Waals surface area contributed by atoms with Crippen LogP contribution in [0, 0.1) is 11.7 Å². The number of hydrogen-bond donors (Lipinski definition) is 1. The lowest BCUT2D eigenvalue weighted by molar-refractivity contribution is -0.126. The summed E-state index contributed by atoms with van der Waals surface area (Å²) in [5, 5.41) is 2.91. The number of ether oxygens (including phenoxy) is 3. The second kappa shape index (κ2) is 10.2. The molecule has 10 heteroatoms. The molecule has 4 rings (SSSR count). The number of amides is 1. The van der Waals surface area contributed by atoms with Gasteiger partial charge in [0.2, 0.25) is 15.9 Å². The first kappa shape index (κ1) is 24.3. The molecule has 184 valence electrons. The van der Waals surface area contributed by atoms with Crippen molar-refractivity contribution in [1.29, 1.82) is 0 Å². The number of sulfonamides is 1. The zero-order valence-corrected chi connectivity index (χ0v) is 20.1. The van der Waals surface area contributed by atoms with Crippen LogP contribution in [0.25, 0.3) is 0 Å². The first-order chi connectivity index (χ1) is 16.3. The first-order valence-electron chi connectivity index (χ1n) is 11.3. The lowest BCUT2D eigenvalue weighted by Gasteiger charge is -2.31. The average Bonchev–Trinajstić information content (AvgIpc) is 3.09. The van der Waals surface area contributed by atoms with E-state index >= 15 is 0 Å². The van der Waals surface area contributed by atoms with Crippen molar-refractivity contribution in [2.45, 2.75) is 37.1 Å². The molecule has 1 amide bonds. The topological polar surface area (TPSA) is 94.2 Å². The minimum Gasteiger partial charge on any atom is -0.494 e. The smallest absolute Gasteiger partial charge is 0.243 e. The minimum absolute atomic E-state index is 0.143. The van der Waals surface area contributed by atoms with E-state index in [1.165, 1.54) is 35.7 Å². The summed E-state index contributed by atoms with van der Waals surface area (Å²) in [6.07, 6.45) is 1.54. The van der Waals surface area contributed by atoms with Crippen LogP contribution in [-0.2, 0) is 14.8 Å². The summed E-state index contributed by atoms with van der Waals surface area (Å²) < 4.78 is 57.9. The largest absolute Gasteiger partial charge is 0.494 e. The summed E-state index contributed by atoms with van der Waals surface area (Å²) in [6.45, 7) is 3.25. The predicted octanol–water partition coefficient (Wildman–Crippen LogP) is 3.27. The number of piperidine rings is 1. The van der Waals surface area contributed by atoms with Gasteiger partial charge in [-0.2, -0.15) is 4.31 Å². The van der Waals surface area contributed by atoms with Gasteiger partial charge in [0.1, 0.15) is 0 Å². The van der Waals surface area contributed by atoms with Crippen molar-refractivity contribution in [1.82, 2.24) is 9.62 Å². The van der Waals surface area contributed by atoms with Gasteiger partial charge in [-0.1, -0.05) is 6.07 Å². The Bertz CT molecular complexity index is 1150. The van der Waals surface area contributed by atoms with Crippen LogP contribution < -0.4 is 19.5 Å². The van der Waals surface area contributed by atoms with Crippen molar-refractivity contribution >= 4 is 15.9 Å². The molecule has 2 aliphatic rings. The molecule has 0 radical (unpaired) electrons. The number of nitrogens with zero attached hydrogens (tertiary/aromatic N) is 1. The number of nitrogens with one attached hydrogen (secondary N) is 1. The maximum atomic E-state index is 14.0. The van der Waals surface area contributed by atoms with Gasteiger partial charge in [0.25, 0.3) is 0 Å². The van der Waals surface area contributed by atoms with Gasteiger partial charge >= 0.3 is 0 Å². The van der Waals surface area contributed by atoms with Crippen LogP contribution in [0.1, 0.15) is 37.8 Å². The zero-order chi connectivity index (χ0) is 24.3. The average molecular weight is 493 g/mol. The SMILES string of the molecule is COc1ccc(C(C)NC(=O)C2CCN(S(=O)(=O)c3ccc4c(c3)OCCCO4)CC2)cc1F. The number of carbonyl (C=O) groups excluding carboxylic acids is 1. The molecule has 34 heavy (non-hydrogen) atoms. The van der Waals surface area contributed by atoms with E-state index in [0.717, 1.165) is 6.42 Å². The summed E-state index contributed by atoms with van der Waals surface area (Å²) in [6, 6.07) is 8.83. The number of hydrogen-bond acceptors (Lipinski definition) is 6. The Morgan fingerprint density at radius 1 is 1.12 bits per heavy atom. The Morgan fingerprint density at radius 2 is 1.82 bits per heavy atom. The Morgan fingerprint density at radius 3 is 2.50 bits per heavy atom. The van der Waals surface area contributed by atoms with E-state index in [0.29, 0.717) is 43.1 Å². The molecule has 1 fully saturated rings. The van der Waals surface area contributed by atoms with Crippen LogP contribution in [0.2, 0.25) is 0 Å². The molecule has 2 aromatic rings. The van der Waals surface area contributed by atoms with Gasteiger partial charge < -0.3 is 19.5 Å². The summed E-state index contributed by atoms with van der Waals surface area (Å²) in [5.74, 6) is 0.130. The molecule has 8 nitrogen and oxygen atoms in total. The lowest BCUT2D eigenvalue weighted by Crippen LogP contribution is -2.43. The summed E-state index contributed by atoms with van der Waals surface area (Å²) in [5.41, 5.74) is 0.626. The molecule has 1 N–H and O–H groups in total. The maximum Gasteiger partial charge on any atom is 0.243 e. The molecule has 0 spiro atoms. The molecule has 0 aromatic heterocycles. The fourth-order valence-electron chi connectivity index (χ4n) is 4.18. The van der Waals surface area contributed by atoms with Crippen LogP contribution >= 0.6 is 0 Å². The van der Waals surface area contributed by atoms with Crippen LogP contribution in [0.3, 0.4) is 0 Å². The van der Waals surface area contributed by atoms with Crippen molar-refractivity contribution in [2.24, 2.45) is 5.92 Å². The third kappa shape index (κ3) is 5.12. The Labute approximate surface area is 199 Å². The maximum absolute atomic E-state index is 14.0. The zero-order valence-electron chi connectivity index (χ0n) is 19.3. The van der Waals surface area contributed by atoms with E-state index < -0.39 is 21.9 Å². The molecule has 1 saturated heterocycles. The normalized spacial score (nSPS) is 18.1. The highest BCUT2D eigenvalue weighted by molar-refractivity contribution is 7.89. The van der Waals surface area contributed by atoms with Crippen molar-refractivity contribution in [3.8, 4) is 17.2 Å². The fourth-order valence-corrected chi connectivity index (χ4v) is 5.66. The Balaban J connectivity index is 1.36. The molecular formula is C24H29FN2O6S. The van der Waals surface area contributed by atoms with Crippen LogP contribution in [-0.4, -0.2) is 52.0 Å². The van der Waals surface area contributed by atoms with Gasteiger partial charge in [-0.25, -0.2) is 12.8 Å². The van der Waals surface area contributed by atoms with Crippen LogP contribution in [0.15, 0.2) is 41.3 Å². The van der Waals surface area contributed by atoms with E-state index in [1.54, 1.807) is 19.1 Å². The van der Waals surface area contributed by atoms with Gasteiger partial charge in [0, 0.05) is 31.5 Å². The Kier molecular flexibility index (Phi) is 7.27. The highest BCUT2D eigenvalue weighted by atomic mass is 32.2. The number of methoxy groups -OCH3 is 1. The van der Waals surface area contributed by atoms with Gasteiger partial charge in [0.05, 0.1) is 31.3 Å². The number of carbonyl (C=O) groups is 1. The third-order valence-corrected chi connectivity index (χ3v) is 8.11. The van der Waals surface area contributed by atoms with E-state index in [2.05, 4.69) is 5.32 Å². The van der Waals surface area contributed by atoms with Crippen molar-refractivity contribution in [3.05, 3.63) is 47.8 Å². The van der Waals surface area contributed by atoms with Gasteiger partial charge in [-0.05, 0) is 49.6 Å². The monoisotopic (exact) mass is 492 g/mol. The third-order valence-electron chi connectivity index (χ3n) is 6.22. The fraction of sp³-hybridized carbons (Fsp3) is 0.458. The van der Waals surface area contributed by atoms with Gasteiger partial charge in [0.15, 0.2) is 23.1 Å². The first-order valence-corrected chi connectivity index (χ1v) is 12.8. The number of benzene rings is 2. The van der Waals surface area contributed by atoms with E-state index in [4.69, 9.17) is 14.2 Å². The number of rotatable bonds is 6. The second-order valence-corrected chi connectivity index (χ2v) is 10.4. The highest BCUT2D eigenvalue weighted by Crippen LogP contribution is 2.34. The predicted molar refractivity (Wildman–Crippen MR) is 123 cm³/mol. The Hall–Kier alpha value is -2.85. The molecule has 0 aliphatic carbocycles. The summed E-state index contributed by atoms with van der Waals surface area (Å²) in [4.78, 5) is 12.9. The van der Waals surface area contributed by atoms with Crippen molar-refractivity contribution in [3.63, 3.8) is 0 Å². The van der Waals surface area contributed by atoms with Gasteiger partial charge in [-0.15, -0.1) is 0 Å². The molecule has 2 aliphatic heterocycles. The lowest BCUT2D eigenvalue weighted by atomic mass is 9.96. The summed E-state index contributed by atoms with van der Waals surface area (Å²) >= 11 is 0. The number of halogens is 1. The number of fused-ring (bicyclic) bond motifs is 1. The van der Waals surface area contributed by atoms with Gasteiger partial charge in [-0.3, -0.25) is 4.79 Å². The minimum atomic E-state index is -3.72. The molecule has 0 bridgehead atoms. The molecule has 2 aromatic carbocycles. The second-order valence-electron chi connectivity index (χ2n) is 8.46. The van der Waals surface area contributed by atoms with E-state index in [9.17, 15) is 17.6 Å². The van der Waals surface area contributed by atoms with Crippen molar-refractivity contribution < 1.29 is 31.8 Å². The van der Waals surface area contributed by atoms with E-state index in [1.807, 2.05) is 0 Å². The standard InChI is InChI=1S/C24H29FN2O6S/c1-16(18-4-6-21(31-2)20(25)14-18)26-24(28)17-8-10-27(11-9-17)34(29,30)19-5-7-22-23(15-19)33-13-3-12-32-22/h4-7,14-17H,3,8-13H2,1-2H3,(H,26,28). The van der Waals surface area contributed by atoms with Crippen molar-refractivity contribution in [2.75, 3.05) is 33.4 Å².